The van der Waals surface area contributed by atoms with Crippen molar-refractivity contribution in [1.82, 2.24) is 14.9 Å². The average Bonchev–Trinajstić information content (AvgIpc) is 2.70. The van der Waals surface area contributed by atoms with Crippen LogP contribution in [-0.2, 0) is 11.3 Å². The molecule has 28 heavy (non-hydrogen) atoms. The van der Waals surface area contributed by atoms with E-state index >= 15 is 0 Å². The zero-order chi connectivity index (χ0) is 19.7. The molecule has 0 fully saturated rings. The molecule has 1 atom stereocenters. The number of fused-ring (bicyclic) bond motifs is 2. The predicted molar refractivity (Wildman–Crippen MR) is 109 cm³/mol. The first kappa shape index (κ1) is 17.7. The summed E-state index contributed by atoms with van der Waals surface area (Å²) in [5, 5.41) is 5.40. The maximum absolute atomic E-state index is 12.6. The Balaban J connectivity index is 1.60. The number of para-hydroxylation sites is 1. The molecule has 6 nitrogen and oxygen atoms in total. The van der Waals surface area contributed by atoms with Gasteiger partial charge in [0.1, 0.15) is 6.54 Å². The van der Waals surface area contributed by atoms with Gasteiger partial charge in [-0.1, -0.05) is 54.6 Å². The van der Waals surface area contributed by atoms with Crippen molar-refractivity contribution in [2.75, 3.05) is 0 Å². The van der Waals surface area contributed by atoms with Gasteiger partial charge in [-0.15, -0.1) is 0 Å². The fourth-order valence-corrected chi connectivity index (χ4v) is 3.48. The molecule has 2 N–H and O–H groups in total. The summed E-state index contributed by atoms with van der Waals surface area (Å²) in [6.45, 7) is 1.54. The molecule has 0 saturated carbocycles. The molecule has 0 saturated heterocycles. The molecule has 0 bridgehead atoms. The largest absolute Gasteiger partial charge is 0.348 e. The zero-order valence-corrected chi connectivity index (χ0v) is 15.3. The number of benzene rings is 3. The minimum absolute atomic E-state index is 0.270. The first-order valence-electron chi connectivity index (χ1n) is 9.03. The molecule has 0 aliphatic rings. The Labute approximate surface area is 160 Å². The van der Waals surface area contributed by atoms with E-state index in [0.717, 1.165) is 20.9 Å². The minimum Gasteiger partial charge on any atom is -0.348 e. The molecule has 6 heteroatoms. The van der Waals surface area contributed by atoms with E-state index < -0.39 is 17.2 Å². The Kier molecular flexibility index (Phi) is 4.53. The number of amides is 1. The molecule has 1 amide bonds. The van der Waals surface area contributed by atoms with Gasteiger partial charge in [0.15, 0.2) is 0 Å². The highest BCUT2D eigenvalue weighted by molar-refractivity contribution is 5.87. The zero-order valence-electron chi connectivity index (χ0n) is 15.3. The van der Waals surface area contributed by atoms with E-state index in [-0.39, 0.29) is 12.6 Å². The second-order valence-electron chi connectivity index (χ2n) is 6.72. The molecule has 3 aromatic carbocycles. The van der Waals surface area contributed by atoms with Gasteiger partial charge in [0.2, 0.25) is 5.91 Å². The van der Waals surface area contributed by atoms with Gasteiger partial charge in [0, 0.05) is 0 Å². The van der Waals surface area contributed by atoms with Crippen LogP contribution in [0.3, 0.4) is 0 Å². The summed E-state index contributed by atoms with van der Waals surface area (Å²) in [4.78, 5) is 40.0. The highest BCUT2D eigenvalue weighted by atomic mass is 16.2. The van der Waals surface area contributed by atoms with Gasteiger partial charge in [-0.05, 0) is 35.4 Å². The van der Waals surface area contributed by atoms with E-state index in [1.807, 2.05) is 49.4 Å². The smallest absolute Gasteiger partial charge is 0.329 e. The second kappa shape index (κ2) is 7.15. The Morgan fingerprint density at radius 2 is 1.64 bits per heavy atom. The lowest BCUT2D eigenvalue weighted by atomic mass is 10.00. The van der Waals surface area contributed by atoms with E-state index in [9.17, 15) is 14.4 Å². The number of hydrogen-bond donors (Lipinski definition) is 2. The second-order valence-corrected chi connectivity index (χ2v) is 6.72. The summed E-state index contributed by atoms with van der Waals surface area (Å²) in [6, 6.07) is 20.3. The van der Waals surface area contributed by atoms with E-state index in [1.165, 1.54) is 0 Å². The van der Waals surface area contributed by atoms with Gasteiger partial charge < -0.3 is 10.3 Å². The van der Waals surface area contributed by atoms with Crippen LogP contribution in [0.5, 0.6) is 0 Å². The number of carbonyl (C=O) groups excluding carboxylic acids is 1. The van der Waals surface area contributed by atoms with Crippen LogP contribution in [-0.4, -0.2) is 15.5 Å². The monoisotopic (exact) mass is 373 g/mol. The average molecular weight is 373 g/mol. The van der Waals surface area contributed by atoms with Crippen molar-refractivity contribution in [3.8, 4) is 0 Å². The Morgan fingerprint density at radius 3 is 2.46 bits per heavy atom. The van der Waals surface area contributed by atoms with E-state index in [2.05, 4.69) is 10.3 Å². The highest BCUT2D eigenvalue weighted by Gasteiger charge is 2.15. The lowest BCUT2D eigenvalue weighted by molar-refractivity contribution is -0.122. The highest BCUT2D eigenvalue weighted by Crippen LogP contribution is 2.23. The summed E-state index contributed by atoms with van der Waals surface area (Å²) in [7, 11) is 0. The lowest BCUT2D eigenvalue weighted by Crippen LogP contribution is -2.41. The van der Waals surface area contributed by atoms with Crippen LogP contribution in [0.4, 0.5) is 0 Å². The summed E-state index contributed by atoms with van der Waals surface area (Å²) in [5.41, 5.74) is 0.355. The molecule has 0 aliphatic heterocycles. The van der Waals surface area contributed by atoms with Crippen molar-refractivity contribution >= 4 is 27.6 Å². The van der Waals surface area contributed by atoms with Crippen LogP contribution < -0.4 is 16.6 Å². The van der Waals surface area contributed by atoms with Crippen molar-refractivity contribution < 1.29 is 4.79 Å². The maximum Gasteiger partial charge on any atom is 0.329 e. The molecule has 4 aromatic rings. The maximum atomic E-state index is 12.6. The van der Waals surface area contributed by atoms with Crippen molar-refractivity contribution in [2.24, 2.45) is 0 Å². The van der Waals surface area contributed by atoms with E-state index in [4.69, 9.17) is 0 Å². The Morgan fingerprint density at radius 1 is 0.964 bits per heavy atom. The summed E-state index contributed by atoms with van der Waals surface area (Å²) in [6.07, 6.45) is 0. The standard InChI is InChI=1S/C22H19N3O3/c1-14(16-11-6-8-15-7-2-3-9-17(15)16)23-20(26)13-25-21(27)18-10-4-5-12-19(18)24-22(25)28/h2-12,14H,13H2,1H3,(H,23,26)(H,24,28)/t14-/m0/s1. The van der Waals surface area contributed by atoms with Crippen molar-refractivity contribution in [2.45, 2.75) is 19.5 Å². The molecular formula is C22H19N3O3. The topological polar surface area (TPSA) is 84.0 Å². The third-order valence-electron chi connectivity index (χ3n) is 4.86. The van der Waals surface area contributed by atoms with Gasteiger partial charge >= 0.3 is 5.69 Å². The fraction of sp³-hybridized carbons (Fsp3) is 0.136. The third-order valence-corrected chi connectivity index (χ3v) is 4.86. The van der Waals surface area contributed by atoms with Crippen LogP contribution in [0.25, 0.3) is 21.7 Å². The first-order chi connectivity index (χ1) is 13.5. The summed E-state index contributed by atoms with van der Waals surface area (Å²) >= 11 is 0. The van der Waals surface area contributed by atoms with E-state index in [1.54, 1.807) is 24.3 Å². The number of hydrogen-bond acceptors (Lipinski definition) is 3. The number of nitrogens with one attached hydrogen (secondary N) is 2. The number of carbonyl (C=O) groups is 1. The first-order valence-corrected chi connectivity index (χ1v) is 9.03. The van der Waals surface area contributed by atoms with Crippen LogP contribution in [0.1, 0.15) is 18.5 Å². The van der Waals surface area contributed by atoms with Gasteiger partial charge in [0.25, 0.3) is 5.56 Å². The minimum atomic E-state index is -0.600. The summed E-state index contributed by atoms with van der Waals surface area (Å²) in [5.74, 6) is -0.400. The molecule has 0 aliphatic carbocycles. The fourth-order valence-electron chi connectivity index (χ4n) is 3.48. The molecule has 0 spiro atoms. The van der Waals surface area contributed by atoms with Crippen LogP contribution in [0.2, 0.25) is 0 Å². The molecule has 1 aromatic heterocycles. The quantitative estimate of drug-likeness (QED) is 0.577. The number of H-pyrrole nitrogens is 1. The molecule has 0 radical (unpaired) electrons. The van der Waals surface area contributed by atoms with Crippen molar-refractivity contribution in [1.29, 1.82) is 0 Å². The number of nitrogens with zero attached hydrogens (tertiary/aromatic N) is 1. The number of aromatic amines is 1. The van der Waals surface area contributed by atoms with Crippen molar-refractivity contribution in [3.63, 3.8) is 0 Å². The Bertz CT molecular complexity index is 1300. The predicted octanol–water partition coefficient (Wildman–Crippen LogP) is 2.72. The van der Waals surface area contributed by atoms with Gasteiger partial charge in [-0.3, -0.25) is 14.2 Å². The van der Waals surface area contributed by atoms with Gasteiger partial charge in [-0.2, -0.15) is 0 Å². The van der Waals surface area contributed by atoms with Gasteiger partial charge in [0.05, 0.1) is 16.9 Å². The van der Waals surface area contributed by atoms with Crippen LogP contribution >= 0.6 is 0 Å². The van der Waals surface area contributed by atoms with Crippen LogP contribution in [0.15, 0.2) is 76.3 Å². The molecule has 1 heterocycles. The molecule has 140 valence electrons. The van der Waals surface area contributed by atoms with Gasteiger partial charge in [-0.25, -0.2) is 4.79 Å². The number of rotatable bonds is 4. The third kappa shape index (κ3) is 3.20. The molecular weight excluding hydrogens is 354 g/mol. The van der Waals surface area contributed by atoms with E-state index in [0.29, 0.717) is 10.9 Å². The lowest BCUT2D eigenvalue weighted by Gasteiger charge is -2.17. The van der Waals surface area contributed by atoms with Crippen LogP contribution in [0, 0.1) is 0 Å². The Hall–Kier alpha value is -3.67. The van der Waals surface area contributed by atoms with Crippen molar-refractivity contribution in [3.05, 3.63) is 93.1 Å². The SMILES string of the molecule is C[C@H](NC(=O)Cn1c(=O)[nH]c2ccccc2c1=O)c1cccc2ccccc12. The normalized spacial score (nSPS) is 12.2. The number of aromatic nitrogens is 2. The molecule has 0 unspecified atom stereocenters. The summed E-state index contributed by atoms with van der Waals surface area (Å²) < 4.78 is 0.924. The molecule has 4 rings (SSSR count).